The fraction of sp³-hybridized carbons (Fsp3) is 0.0833. The Labute approximate surface area is 125 Å². The maximum Gasteiger partial charge on any atom is 0.273 e. The van der Waals surface area contributed by atoms with Crippen molar-refractivity contribution in [2.24, 2.45) is 0 Å². The van der Waals surface area contributed by atoms with Crippen molar-refractivity contribution >= 4 is 33.1 Å². The number of nitrogens with one attached hydrogen (secondary N) is 1. The molecule has 0 aliphatic rings. The Bertz CT molecular complexity index is 780. The molecular formula is C12H10ClN3O4S. The third-order valence-corrected chi connectivity index (χ3v) is 3.93. The number of benzene rings is 1. The maximum atomic E-state index is 12.0. The van der Waals surface area contributed by atoms with Crippen LogP contribution in [0.15, 0.2) is 42.5 Å². The van der Waals surface area contributed by atoms with Gasteiger partial charge in [-0.3, -0.25) is 14.8 Å². The van der Waals surface area contributed by atoms with Crippen molar-refractivity contribution < 1.29 is 13.3 Å². The molecule has 0 radical (unpaired) electrons. The van der Waals surface area contributed by atoms with E-state index in [1.807, 2.05) is 0 Å². The van der Waals surface area contributed by atoms with Crippen LogP contribution in [0.25, 0.3) is 0 Å². The Morgan fingerprint density at radius 3 is 2.57 bits per heavy atom. The topological polar surface area (TPSA) is 102 Å². The monoisotopic (exact) mass is 327 g/mol. The van der Waals surface area contributed by atoms with Crippen molar-refractivity contribution in [3.63, 3.8) is 0 Å². The van der Waals surface area contributed by atoms with Gasteiger partial charge in [0.05, 0.1) is 4.92 Å². The Morgan fingerprint density at radius 1 is 1.19 bits per heavy atom. The molecule has 1 aromatic carbocycles. The minimum absolute atomic E-state index is 0.0566. The molecule has 0 spiro atoms. The van der Waals surface area contributed by atoms with Gasteiger partial charge in [0.25, 0.3) is 5.69 Å². The van der Waals surface area contributed by atoms with Crippen LogP contribution in [0.3, 0.4) is 0 Å². The van der Waals surface area contributed by atoms with E-state index in [0.29, 0.717) is 0 Å². The van der Waals surface area contributed by atoms with Crippen molar-refractivity contribution in [2.45, 2.75) is 5.75 Å². The molecule has 1 N–H and O–H groups in total. The van der Waals surface area contributed by atoms with E-state index < -0.39 is 20.7 Å². The lowest BCUT2D eigenvalue weighted by atomic mass is 10.2. The highest BCUT2D eigenvalue weighted by atomic mass is 35.5. The molecule has 0 saturated carbocycles. The van der Waals surface area contributed by atoms with E-state index in [-0.39, 0.29) is 22.2 Å². The lowest BCUT2D eigenvalue weighted by Gasteiger charge is -2.07. The summed E-state index contributed by atoms with van der Waals surface area (Å²) in [7, 11) is -3.84. The average Bonchev–Trinajstić information content (AvgIpc) is 2.37. The van der Waals surface area contributed by atoms with Crippen LogP contribution in [0.4, 0.5) is 11.5 Å². The van der Waals surface area contributed by atoms with Gasteiger partial charge < -0.3 is 0 Å². The number of halogens is 1. The van der Waals surface area contributed by atoms with E-state index in [9.17, 15) is 18.5 Å². The highest BCUT2D eigenvalue weighted by Crippen LogP contribution is 2.21. The summed E-state index contributed by atoms with van der Waals surface area (Å²) in [6.45, 7) is 0. The van der Waals surface area contributed by atoms with Crippen LogP contribution in [0, 0.1) is 10.1 Å². The second-order valence-corrected chi connectivity index (χ2v) is 6.20. The standard InChI is InChI=1S/C12H10ClN3O4S/c13-11-6-3-7-12(14-11)15-21(19,20)8-9-4-1-2-5-10(9)16(17)18/h1-7H,8H2,(H,14,15). The van der Waals surface area contributed by atoms with Crippen molar-refractivity contribution in [3.05, 3.63) is 63.3 Å². The number of pyridine rings is 1. The maximum absolute atomic E-state index is 12.0. The number of rotatable bonds is 5. The summed E-state index contributed by atoms with van der Waals surface area (Å²) in [5, 5.41) is 11.0. The molecule has 0 unspecified atom stereocenters. The molecule has 0 atom stereocenters. The lowest BCUT2D eigenvalue weighted by molar-refractivity contribution is -0.385. The molecule has 0 fully saturated rings. The molecule has 2 aromatic rings. The van der Waals surface area contributed by atoms with Gasteiger partial charge in [0, 0.05) is 11.6 Å². The fourth-order valence-corrected chi connectivity index (χ4v) is 3.00. The third-order valence-electron chi connectivity index (χ3n) is 2.51. The molecule has 1 aromatic heterocycles. The van der Waals surface area contributed by atoms with Gasteiger partial charge in [0.2, 0.25) is 10.0 Å². The second kappa shape index (κ2) is 6.06. The van der Waals surface area contributed by atoms with Crippen molar-refractivity contribution in [1.29, 1.82) is 0 Å². The van der Waals surface area contributed by atoms with Gasteiger partial charge in [-0.1, -0.05) is 35.9 Å². The van der Waals surface area contributed by atoms with Crippen LogP contribution < -0.4 is 4.72 Å². The summed E-state index contributed by atoms with van der Waals surface area (Å²) in [6.07, 6.45) is 0. The Kier molecular flexibility index (Phi) is 4.39. The van der Waals surface area contributed by atoms with E-state index in [1.165, 1.54) is 42.5 Å². The van der Waals surface area contributed by atoms with Crippen molar-refractivity contribution in [3.8, 4) is 0 Å². The summed E-state index contributed by atoms with van der Waals surface area (Å²) in [5.74, 6) is -0.473. The molecule has 0 amide bonds. The number of sulfonamides is 1. The highest BCUT2D eigenvalue weighted by Gasteiger charge is 2.20. The first kappa shape index (κ1) is 15.2. The molecule has 1 heterocycles. The quantitative estimate of drug-likeness (QED) is 0.516. The third kappa shape index (κ3) is 4.14. The van der Waals surface area contributed by atoms with Crippen LogP contribution in [0.1, 0.15) is 5.56 Å². The first-order valence-electron chi connectivity index (χ1n) is 5.73. The molecule has 110 valence electrons. The number of hydrogen-bond acceptors (Lipinski definition) is 5. The molecule has 0 aliphatic carbocycles. The molecule has 9 heteroatoms. The molecule has 0 aliphatic heterocycles. The van der Waals surface area contributed by atoms with E-state index in [2.05, 4.69) is 9.71 Å². The van der Waals surface area contributed by atoms with Gasteiger partial charge in [-0.25, -0.2) is 13.4 Å². The lowest BCUT2D eigenvalue weighted by Crippen LogP contribution is -2.16. The van der Waals surface area contributed by atoms with Crippen molar-refractivity contribution in [1.82, 2.24) is 4.98 Å². The van der Waals surface area contributed by atoms with E-state index in [1.54, 1.807) is 0 Å². The summed E-state index contributed by atoms with van der Waals surface area (Å²) < 4.78 is 26.3. The number of nitrogens with zero attached hydrogens (tertiary/aromatic N) is 2. The molecular weight excluding hydrogens is 318 g/mol. The van der Waals surface area contributed by atoms with Crippen LogP contribution in [-0.2, 0) is 15.8 Å². The zero-order chi connectivity index (χ0) is 15.5. The van der Waals surface area contributed by atoms with Gasteiger partial charge in [0.15, 0.2) is 0 Å². The summed E-state index contributed by atoms with van der Waals surface area (Å²) in [6, 6.07) is 10.1. The predicted octanol–water partition coefficient (Wildman–Crippen LogP) is 2.59. The van der Waals surface area contributed by atoms with Gasteiger partial charge in [-0.15, -0.1) is 0 Å². The number of para-hydroxylation sites is 1. The molecule has 0 bridgehead atoms. The van der Waals surface area contributed by atoms with Crippen LogP contribution in [0.2, 0.25) is 5.15 Å². The normalized spacial score (nSPS) is 11.1. The first-order chi connectivity index (χ1) is 9.87. The van der Waals surface area contributed by atoms with Crippen LogP contribution in [-0.4, -0.2) is 18.3 Å². The second-order valence-electron chi connectivity index (χ2n) is 4.09. The number of nitro benzene ring substituents is 1. The minimum atomic E-state index is -3.84. The zero-order valence-corrected chi connectivity index (χ0v) is 12.1. The molecule has 21 heavy (non-hydrogen) atoms. The average molecular weight is 328 g/mol. The minimum Gasteiger partial charge on any atom is -0.267 e. The summed E-state index contributed by atoms with van der Waals surface area (Å²) >= 11 is 5.67. The van der Waals surface area contributed by atoms with Gasteiger partial charge in [-0.2, -0.15) is 0 Å². The Morgan fingerprint density at radius 2 is 1.90 bits per heavy atom. The Hall–Kier alpha value is -2.19. The van der Waals surface area contributed by atoms with Gasteiger partial charge in [-0.05, 0) is 12.1 Å². The van der Waals surface area contributed by atoms with Crippen LogP contribution in [0.5, 0.6) is 0 Å². The first-order valence-corrected chi connectivity index (χ1v) is 7.76. The summed E-state index contributed by atoms with van der Waals surface area (Å²) in [4.78, 5) is 14.0. The van der Waals surface area contributed by atoms with E-state index in [0.717, 1.165) is 0 Å². The van der Waals surface area contributed by atoms with Gasteiger partial charge in [0.1, 0.15) is 16.7 Å². The van der Waals surface area contributed by atoms with Crippen molar-refractivity contribution in [2.75, 3.05) is 4.72 Å². The zero-order valence-electron chi connectivity index (χ0n) is 10.6. The number of aromatic nitrogens is 1. The smallest absolute Gasteiger partial charge is 0.267 e. The SMILES string of the molecule is O=[N+]([O-])c1ccccc1CS(=O)(=O)Nc1cccc(Cl)n1. The number of nitro groups is 1. The molecule has 2 rings (SSSR count). The Balaban J connectivity index is 2.24. The van der Waals surface area contributed by atoms with E-state index in [4.69, 9.17) is 11.6 Å². The van der Waals surface area contributed by atoms with Crippen LogP contribution >= 0.6 is 11.6 Å². The predicted molar refractivity (Wildman–Crippen MR) is 78.6 cm³/mol. The molecule has 0 saturated heterocycles. The van der Waals surface area contributed by atoms with Gasteiger partial charge >= 0.3 is 0 Å². The highest BCUT2D eigenvalue weighted by molar-refractivity contribution is 7.91. The largest absolute Gasteiger partial charge is 0.273 e. The molecule has 7 nitrogen and oxygen atoms in total. The van der Waals surface area contributed by atoms with E-state index >= 15 is 0 Å². The summed E-state index contributed by atoms with van der Waals surface area (Å²) in [5.41, 5.74) is -0.154. The fourth-order valence-electron chi connectivity index (χ4n) is 1.68. The number of hydrogen-bond donors (Lipinski definition) is 1. The number of anilines is 1.